The Morgan fingerprint density at radius 3 is 1.18 bits per heavy atom. The van der Waals surface area contributed by atoms with Crippen molar-refractivity contribution in [2.45, 2.75) is 184 Å². The number of alkyl halides is 1. The highest BCUT2D eigenvalue weighted by Gasteiger charge is 2.43. The van der Waals surface area contributed by atoms with Crippen LogP contribution in [0.4, 0.5) is 39.3 Å². The van der Waals surface area contributed by atoms with Crippen molar-refractivity contribution >= 4 is 79.8 Å². The lowest BCUT2D eigenvalue weighted by molar-refractivity contribution is -0.137. The van der Waals surface area contributed by atoms with Crippen LogP contribution in [0, 0.1) is 17.2 Å². The van der Waals surface area contributed by atoms with Crippen LogP contribution in [0.2, 0.25) is 0 Å². The smallest absolute Gasteiger partial charge is 0.278 e. The summed E-state index contributed by atoms with van der Waals surface area (Å²) >= 11 is 0. The summed E-state index contributed by atoms with van der Waals surface area (Å²) in [6.07, 6.45) is 24.4. The predicted octanol–water partition coefficient (Wildman–Crippen LogP) is 13.7. The molecule has 1 amide bonds. The van der Waals surface area contributed by atoms with Gasteiger partial charge in [0.1, 0.15) is 27.4 Å². The number of nitrogens with one attached hydrogen (secondary N) is 5. The van der Waals surface area contributed by atoms with Gasteiger partial charge in [0.15, 0.2) is 40.1 Å². The molecule has 9 aromatic heterocycles. The first-order chi connectivity index (χ1) is 58.2. The first-order valence-electron chi connectivity index (χ1n) is 41.6. The molecule has 121 heavy (non-hydrogen) atoms. The first-order valence-corrected chi connectivity index (χ1v) is 41.6. The van der Waals surface area contributed by atoms with E-state index in [1.807, 2.05) is 36.4 Å². The highest BCUT2D eigenvalue weighted by molar-refractivity contribution is 5.81. The van der Waals surface area contributed by atoms with Gasteiger partial charge in [-0.15, -0.1) is 19.7 Å². The van der Waals surface area contributed by atoms with Gasteiger partial charge >= 0.3 is 0 Å². The Balaban J connectivity index is 0.000000141. The lowest BCUT2D eigenvalue weighted by Crippen LogP contribution is -2.43. The van der Waals surface area contributed by atoms with E-state index in [-0.39, 0.29) is 73.0 Å². The number of anilines is 6. The number of aliphatic hydroxyl groups is 2. The summed E-state index contributed by atoms with van der Waals surface area (Å²) in [6.45, 7) is 18.7. The van der Waals surface area contributed by atoms with Crippen LogP contribution >= 0.6 is 0 Å². The van der Waals surface area contributed by atoms with E-state index in [9.17, 15) is 29.4 Å². The van der Waals surface area contributed by atoms with Crippen molar-refractivity contribution in [1.29, 1.82) is 5.41 Å². The first kappa shape index (κ1) is 83.5. The van der Waals surface area contributed by atoms with Crippen molar-refractivity contribution in [2.24, 2.45) is 17.6 Å². The Morgan fingerprint density at radius 1 is 0.512 bits per heavy atom. The SMILES string of the molecule is C=CCn1c(=O)c2cnc(Nc3ccc(C4CCC(C(=N)N)CC4)cc3)nc2n1-c1cccc(C(C)(C)O)n1.C=CCn1c(=O)c2cnc(Nc3ccc(C4CCC(C(=O)NC5CC5)CC4)cc3)nc2n1-c1cccc(C(C)(C)O)n1.C=CCn1c(=O)c2cnc(Nc3ccc(C4CCC(N(C)C)CC4)cc3)nc2n1-c1cccc(C2(F)COC2)n1. The van der Waals surface area contributed by atoms with Crippen LogP contribution in [0.3, 0.4) is 0 Å². The summed E-state index contributed by atoms with van der Waals surface area (Å²) in [4.78, 5) is 95.6. The fraction of sp³-hybridized carbons (Fsp3) is 0.385. The Labute approximate surface area is 699 Å². The molecular weight excluding hydrogens is 1530 g/mol. The summed E-state index contributed by atoms with van der Waals surface area (Å²) < 4.78 is 29.5. The van der Waals surface area contributed by atoms with E-state index in [1.165, 1.54) is 75.0 Å². The van der Waals surface area contributed by atoms with E-state index >= 15 is 4.39 Å². The average molecular weight is 1640 g/mol. The highest BCUT2D eigenvalue weighted by atomic mass is 19.1. The number of aromatic nitrogens is 15. The van der Waals surface area contributed by atoms with Crippen LogP contribution in [0.15, 0.2) is 198 Å². The van der Waals surface area contributed by atoms with Crippen LogP contribution < -0.4 is 43.7 Å². The fourth-order valence-electron chi connectivity index (χ4n) is 16.6. The summed E-state index contributed by atoms with van der Waals surface area (Å²) in [5.74, 6) is 4.72. The maximum atomic E-state index is 15.1. The molecule has 4 saturated carbocycles. The number of halogens is 1. The molecule has 0 atom stereocenters. The monoisotopic (exact) mass is 1640 g/mol. The van der Waals surface area contributed by atoms with Crippen LogP contribution in [0.1, 0.15) is 169 Å². The number of hydrogen-bond donors (Lipinski definition) is 8. The average Bonchev–Trinajstić information content (AvgIpc) is 1.60. The van der Waals surface area contributed by atoms with Gasteiger partial charge in [0.05, 0.1) is 55.8 Å². The Bertz CT molecular complexity index is 5980. The number of amides is 1. The Hall–Kier alpha value is -12.5. The van der Waals surface area contributed by atoms with E-state index in [0.717, 1.165) is 81.3 Å². The van der Waals surface area contributed by atoms with Gasteiger partial charge in [0, 0.05) is 59.6 Å². The minimum absolute atomic E-state index is 0.0400. The van der Waals surface area contributed by atoms with Crippen molar-refractivity contribution in [3.05, 3.63) is 249 Å². The summed E-state index contributed by atoms with van der Waals surface area (Å²) in [5.41, 5.74) is 9.77. The van der Waals surface area contributed by atoms with Gasteiger partial charge in [-0.2, -0.15) is 15.0 Å². The molecule has 12 aromatic rings. The second kappa shape index (κ2) is 35.4. The number of benzene rings is 3. The minimum Gasteiger partial charge on any atom is -0.387 e. The molecule has 5 fully saturated rings. The van der Waals surface area contributed by atoms with Crippen LogP contribution in [-0.2, 0) is 46.0 Å². The number of amidine groups is 1. The van der Waals surface area contributed by atoms with E-state index in [2.05, 4.69) is 126 Å². The van der Waals surface area contributed by atoms with Gasteiger partial charge < -0.3 is 46.9 Å². The van der Waals surface area contributed by atoms with Gasteiger partial charge in [-0.05, 0) is 239 Å². The fourth-order valence-corrected chi connectivity index (χ4v) is 16.6. The number of pyridine rings is 3. The number of rotatable bonds is 25. The molecule has 0 spiro atoms. The lowest BCUT2D eigenvalue weighted by atomic mass is 9.78. The van der Waals surface area contributed by atoms with Gasteiger partial charge in [0.2, 0.25) is 23.8 Å². The molecule has 1 aliphatic heterocycles. The Kier molecular flexibility index (Phi) is 24.5. The molecule has 29 nitrogen and oxygen atoms in total. The number of nitrogens with two attached hydrogens (primary N) is 1. The van der Waals surface area contributed by atoms with E-state index in [1.54, 1.807) is 115 Å². The van der Waals surface area contributed by atoms with Crippen molar-refractivity contribution in [3.63, 3.8) is 0 Å². The number of nitrogens with zero attached hydrogens (tertiary/aromatic N) is 16. The number of hydrogen-bond acceptors (Lipinski definition) is 21. The molecule has 5 aliphatic rings. The topological polar surface area (TPSA) is 365 Å². The number of carbonyl (C=O) groups is 1. The zero-order chi connectivity index (χ0) is 85.0. The third kappa shape index (κ3) is 18.5. The van der Waals surface area contributed by atoms with Crippen molar-refractivity contribution in [3.8, 4) is 17.5 Å². The number of carbonyl (C=O) groups excluding carboxylic acids is 1. The summed E-state index contributed by atoms with van der Waals surface area (Å²) in [6, 6.07) is 41.7. The summed E-state index contributed by atoms with van der Waals surface area (Å²) in [7, 11) is 4.33. The standard InChI is InChI=1S/C32H37N7O3.C30H34FN7O2.C29H34N8O2/c1-4-18-38-30(41)25-19-33-31(37-28(25)39(38)27-7-5-6-26(36-27)32(2,3)42)35-24-14-12-21(13-15-24)20-8-10-22(11-9-20)29(40)34-23-16-17-23;1-4-16-37-28(39)24-17-32-29(33-22-12-8-20(9-13-22)21-10-14-23(15-11-21)36(2)3)35-27(24)38(37)26-7-5-6-25(34-26)30(31)18-40-19-30;1-4-16-36-27(38)22-17-32-28(35-26(22)37(36)24-7-5-6-23(34-24)29(2,3)39)33-21-14-12-19(13-15-21)18-8-10-20(11-9-18)25(30)31/h4-7,12-15,19-20,22-23,42H,1,8-11,16-18H2,2-3H3,(H,34,40)(H,33,35,37);4-9,12-13,17,21,23H,1,10-11,14-16,18-19H2,2-3H3,(H,32,33,35);4-7,12-15,17-18,20,39H,1,8-11,16H2,2-3H3,(H3,30,31)(H,32,33,35). The molecule has 628 valence electrons. The second-order valence-corrected chi connectivity index (χ2v) is 33.5. The van der Waals surface area contributed by atoms with Crippen molar-refractivity contribution < 1.29 is 24.1 Å². The van der Waals surface area contributed by atoms with Gasteiger partial charge in [-0.1, -0.05) is 72.8 Å². The van der Waals surface area contributed by atoms with E-state index in [0.29, 0.717) is 115 Å². The van der Waals surface area contributed by atoms with E-state index < -0.39 is 16.9 Å². The minimum atomic E-state index is -1.64. The third-order valence-electron chi connectivity index (χ3n) is 23.7. The third-order valence-corrected chi connectivity index (χ3v) is 23.7. The van der Waals surface area contributed by atoms with Gasteiger partial charge in [-0.3, -0.25) is 24.6 Å². The number of fused-ring (bicyclic) bond motifs is 3. The predicted molar refractivity (Wildman–Crippen MR) is 468 cm³/mol. The van der Waals surface area contributed by atoms with Crippen molar-refractivity contribution in [1.82, 2.24) is 83.2 Å². The molecule has 4 aliphatic carbocycles. The normalized spacial score (nSPS) is 19.1. The molecule has 17 rings (SSSR count). The maximum Gasteiger partial charge on any atom is 0.278 e. The Morgan fingerprint density at radius 2 is 0.860 bits per heavy atom. The number of ether oxygens (including phenoxy) is 1. The molecule has 30 heteroatoms. The summed E-state index contributed by atoms with van der Waals surface area (Å²) in [5, 5.41) is 42.7. The van der Waals surface area contributed by atoms with Gasteiger partial charge in [-0.25, -0.2) is 62.4 Å². The molecule has 1 saturated heterocycles. The van der Waals surface area contributed by atoms with Crippen LogP contribution in [-0.4, -0.2) is 139 Å². The lowest BCUT2D eigenvalue weighted by Gasteiger charge is -2.33. The number of allylic oxidation sites excluding steroid dienone is 3. The van der Waals surface area contributed by atoms with Crippen LogP contribution in [0.25, 0.3) is 50.6 Å². The molecule has 10 heterocycles. The van der Waals surface area contributed by atoms with Crippen molar-refractivity contribution in [2.75, 3.05) is 43.3 Å². The molecular formula is C91H105FN22O7. The highest BCUT2D eigenvalue weighted by Crippen LogP contribution is 2.41. The van der Waals surface area contributed by atoms with Gasteiger partial charge in [0.25, 0.3) is 16.7 Å². The molecule has 9 N–H and O–H groups in total. The quantitative estimate of drug-likeness (QED) is 0.0150. The molecule has 0 radical (unpaired) electrons. The van der Waals surface area contributed by atoms with E-state index in [4.69, 9.17) is 30.8 Å². The molecule has 0 bridgehead atoms. The second-order valence-electron chi connectivity index (χ2n) is 33.5. The van der Waals surface area contributed by atoms with Crippen LogP contribution in [0.5, 0.6) is 0 Å². The zero-order valence-electron chi connectivity index (χ0n) is 69.2. The molecule has 0 unspecified atom stereocenters. The zero-order valence-corrected chi connectivity index (χ0v) is 69.2. The maximum absolute atomic E-state index is 15.1. The largest absolute Gasteiger partial charge is 0.387 e. The molecule has 3 aromatic carbocycles.